The molecule has 25 heavy (non-hydrogen) atoms. The van der Waals surface area contributed by atoms with Gasteiger partial charge in [0.05, 0.1) is 6.54 Å². The summed E-state index contributed by atoms with van der Waals surface area (Å²) < 4.78 is 0. The van der Waals surface area contributed by atoms with Gasteiger partial charge in [-0.3, -0.25) is 9.69 Å². The Bertz CT molecular complexity index is 564. The van der Waals surface area contributed by atoms with Gasteiger partial charge in [-0.2, -0.15) is 0 Å². The molecule has 0 aliphatic carbocycles. The lowest BCUT2D eigenvalue weighted by Crippen LogP contribution is -2.53. The molecule has 0 atom stereocenters. The SMILES string of the molecule is O=C(CN1CCN(C(=O)NCc2ccccc2)CC1)N1CCCCC1. The number of piperidine rings is 1. The van der Waals surface area contributed by atoms with Crippen molar-refractivity contribution in [3.05, 3.63) is 35.9 Å². The van der Waals surface area contributed by atoms with Crippen LogP contribution >= 0.6 is 0 Å². The lowest BCUT2D eigenvalue weighted by molar-refractivity contribution is -0.133. The first-order chi connectivity index (χ1) is 12.2. The zero-order valence-corrected chi connectivity index (χ0v) is 14.8. The maximum Gasteiger partial charge on any atom is 0.317 e. The molecular weight excluding hydrogens is 316 g/mol. The molecule has 2 fully saturated rings. The first-order valence-corrected chi connectivity index (χ1v) is 9.29. The fraction of sp³-hybridized carbons (Fsp3) is 0.579. The fourth-order valence-electron chi connectivity index (χ4n) is 3.43. The van der Waals surface area contributed by atoms with Gasteiger partial charge in [-0.05, 0) is 24.8 Å². The van der Waals surface area contributed by atoms with Gasteiger partial charge >= 0.3 is 6.03 Å². The van der Waals surface area contributed by atoms with Crippen molar-refractivity contribution in [3.8, 4) is 0 Å². The highest BCUT2D eigenvalue weighted by Crippen LogP contribution is 2.10. The Morgan fingerprint density at radius 2 is 1.52 bits per heavy atom. The predicted octanol–water partition coefficient (Wildman–Crippen LogP) is 1.53. The minimum absolute atomic E-state index is 0.0224. The van der Waals surface area contributed by atoms with E-state index in [1.807, 2.05) is 40.1 Å². The molecule has 0 unspecified atom stereocenters. The summed E-state index contributed by atoms with van der Waals surface area (Å²) in [5.74, 6) is 0.238. The molecule has 1 N–H and O–H groups in total. The smallest absolute Gasteiger partial charge is 0.317 e. The highest BCUT2D eigenvalue weighted by atomic mass is 16.2. The fourth-order valence-corrected chi connectivity index (χ4v) is 3.43. The van der Waals surface area contributed by atoms with Crippen molar-refractivity contribution in [2.45, 2.75) is 25.8 Å². The van der Waals surface area contributed by atoms with Crippen LogP contribution in [0.2, 0.25) is 0 Å². The van der Waals surface area contributed by atoms with E-state index in [9.17, 15) is 9.59 Å². The molecule has 136 valence electrons. The van der Waals surface area contributed by atoms with Gasteiger partial charge in [0.15, 0.2) is 0 Å². The van der Waals surface area contributed by atoms with Crippen molar-refractivity contribution in [2.75, 3.05) is 45.8 Å². The Balaban J connectivity index is 1.37. The summed E-state index contributed by atoms with van der Waals surface area (Å²) in [5.41, 5.74) is 1.10. The second kappa shape index (κ2) is 8.85. The quantitative estimate of drug-likeness (QED) is 0.901. The van der Waals surface area contributed by atoms with Crippen molar-refractivity contribution in [1.29, 1.82) is 0 Å². The second-order valence-electron chi connectivity index (χ2n) is 6.85. The molecule has 2 heterocycles. The summed E-state index contributed by atoms with van der Waals surface area (Å²) in [6.45, 7) is 5.71. The van der Waals surface area contributed by atoms with Crippen LogP contribution in [0, 0.1) is 0 Å². The number of nitrogens with one attached hydrogen (secondary N) is 1. The van der Waals surface area contributed by atoms with Crippen molar-refractivity contribution < 1.29 is 9.59 Å². The van der Waals surface area contributed by atoms with Crippen LogP contribution in [-0.4, -0.2) is 72.5 Å². The van der Waals surface area contributed by atoms with Gasteiger partial charge < -0.3 is 15.1 Å². The third kappa shape index (κ3) is 5.19. The summed E-state index contributed by atoms with van der Waals surface area (Å²) in [4.78, 5) is 30.6. The molecule has 3 rings (SSSR count). The number of rotatable bonds is 4. The first kappa shape index (κ1) is 17.7. The standard InChI is InChI=1S/C19H28N4O2/c24-18(22-9-5-2-6-10-22)16-21-11-13-23(14-12-21)19(25)20-15-17-7-3-1-4-8-17/h1,3-4,7-8H,2,5-6,9-16H2,(H,20,25). The molecule has 6 heteroatoms. The van der Waals surface area contributed by atoms with Gasteiger partial charge in [-0.25, -0.2) is 4.79 Å². The van der Waals surface area contributed by atoms with E-state index in [0.717, 1.165) is 44.6 Å². The van der Waals surface area contributed by atoms with Gasteiger partial charge in [0, 0.05) is 45.8 Å². The third-order valence-corrected chi connectivity index (χ3v) is 5.01. The van der Waals surface area contributed by atoms with E-state index in [2.05, 4.69) is 10.2 Å². The average molecular weight is 344 g/mol. The molecule has 0 saturated carbocycles. The summed E-state index contributed by atoms with van der Waals surface area (Å²) in [7, 11) is 0. The third-order valence-electron chi connectivity index (χ3n) is 5.01. The minimum Gasteiger partial charge on any atom is -0.342 e. The van der Waals surface area contributed by atoms with Crippen molar-refractivity contribution >= 4 is 11.9 Å². The minimum atomic E-state index is -0.0224. The summed E-state index contributed by atoms with van der Waals surface area (Å²) in [5, 5.41) is 2.97. The molecule has 2 saturated heterocycles. The Kier molecular flexibility index (Phi) is 6.28. The maximum atomic E-state index is 12.3. The molecule has 2 aliphatic rings. The van der Waals surface area contributed by atoms with Crippen LogP contribution in [0.4, 0.5) is 4.79 Å². The normalized spacial score (nSPS) is 18.9. The average Bonchev–Trinajstić information content (AvgIpc) is 2.68. The molecule has 0 radical (unpaired) electrons. The van der Waals surface area contributed by atoms with E-state index in [1.54, 1.807) is 0 Å². The summed E-state index contributed by atoms with van der Waals surface area (Å²) >= 11 is 0. The molecule has 1 aromatic carbocycles. The van der Waals surface area contributed by atoms with Gasteiger partial charge in [0.2, 0.25) is 5.91 Å². The number of amides is 3. The van der Waals surface area contributed by atoms with Crippen LogP contribution in [0.25, 0.3) is 0 Å². The number of piperazine rings is 1. The summed E-state index contributed by atoms with van der Waals surface area (Å²) in [6, 6.07) is 9.90. The number of hydrogen-bond donors (Lipinski definition) is 1. The van der Waals surface area contributed by atoms with Crippen LogP contribution in [-0.2, 0) is 11.3 Å². The van der Waals surface area contributed by atoms with Gasteiger partial charge in [0.25, 0.3) is 0 Å². The molecular formula is C19H28N4O2. The highest BCUT2D eigenvalue weighted by molar-refractivity contribution is 5.78. The van der Waals surface area contributed by atoms with E-state index >= 15 is 0 Å². The largest absolute Gasteiger partial charge is 0.342 e. The molecule has 0 spiro atoms. The Morgan fingerprint density at radius 1 is 0.840 bits per heavy atom. The molecule has 0 bridgehead atoms. The van der Waals surface area contributed by atoms with E-state index in [0.29, 0.717) is 26.2 Å². The molecule has 3 amide bonds. The molecule has 6 nitrogen and oxygen atoms in total. The number of hydrogen-bond acceptors (Lipinski definition) is 3. The number of carbonyl (C=O) groups is 2. The monoisotopic (exact) mass is 344 g/mol. The molecule has 0 aromatic heterocycles. The predicted molar refractivity (Wildman–Crippen MR) is 97.1 cm³/mol. The lowest BCUT2D eigenvalue weighted by atomic mass is 10.1. The summed E-state index contributed by atoms with van der Waals surface area (Å²) in [6.07, 6.45) is 3.49. The van der Waals surface area contributed by atoms with Crippen LogP contribution in [0.3, 0.4) is 0 Å². The van der Waals surface area contributed by atoms with Crippen LogP contribution in [0.5, 0.6) is 0 Å². The lowest BCUT2D eigenvalue weighted by Gasteiger charge is -2.36. The molecule has 2 aliphatic heterocycles. The zero-order chi connectivity index (χ0) is 17.5. The van der Waals surface area contributed by atoms with Gasteiger partial charge in [-0.1, -0.05) is 30.3 Å². The zero-order valence-electron chi connectivity index (χ0n) is 14.8. The number of benzene rings is 1. The van der Waals surface area contributed by atoms with Crippen LogP contribution < -0.4 is 5.32 Å². The number of nitrogens with zero attached hydrogens (tertiary/aromatic N) is 3. The maximum absolute atomic E-state index is 12.3. The van der Waals surface area contributed by atoms with Gasteiger partial charge in [0.1, 0.15) is 0 Å². The van der Waals surface area contributed by atoms with Crippen molar-refractivity contribution in [3.63, 3.8) is 0 Å². The van der Waals surface area contributed by atoms with Crippen molar-refractivity contribution in [2.24, 2.45) is 0 Å². The van der Waals surface area contributed by atoms with Crippen LogP contribution in [0.15, 0.2) is 30.3 Å². The van der Waals surface area contributed by atoms with E-state index < -0.39 is 0 Å². The topological polar surface area (TPSA) is 55.9 Å². The Morgan fingerprint density at radius 3 is 2.20 bits per heavy atom. The van der Waals surface area contributed by atoms with E-state index in [4.69, 9.17) is 0 Å². The highest BCUT2D eigenvalue weighted by Gasteiger charge is 2.24. The van der Waals surface area contributed by atoms with Gasteiger partial charge in [-0.15, -0.1) is 0 Å². The Labute approximate surface area is 149 Å². The Hall–Kier alpha value is -2.08. The van der Waals surface area contributed by atoms with E-state index in [-0.39, 0.29) is 11.9 Å². The number of likely N-dealkylation sites (tertiary alicyclic amines) is 1. The number of urea groups is 1. The first-order valence-electron chi connectivity index (χ1n) is 9.29. The molecule has 1 aromatic rings. The number of carbonyl (C=O) groups excluding carboxylic acids is 2. The van der Waals surface area contributed by atoms with Crippen molar-refractivity contribution in [1.82, 2.24) is 20.0 Å². The van der Waals surface area contributed by atoms with Crippen LogP contribution in [0.1, 0.15) is 24.8 Å². The second-order valence-corrected chi connectivity index (χ2v) is 6.85. The van der Waals surface area contributed by atoms with E-state index in [1.165, 1.54) is 6.42 Å².